The van der Waals surface area contributed by atoms with Crippen LogP contribution in [0.2, 0.25) is 0 Å². The van der Waals surface area contributed by atoms with E-state index in [0.717, 1.165) is 0 Å². The second-order valence-corrected chi connectivity index (χ2v) is 2.70. The van der Waals surface area contributed by atoms with Crippen molar-refractivity contribution in [2.75, 3.05) is 0 Å². The van der Waals surface area contributed by atoms with Gasteiger partial charge in [0.15, 0.2) is 5.78 Å². The summed E-state index contributed by atoms with van der Waals surface area (Å²) in [5.41, 5.74) is 1.28. The Morgan fingerprint density at radius 2 is 2.00 bits per heavy atom. The molecule has 0 aliphatic heterocycles. The molecule has 1 aliphatic carbocycles. The molecule has 55 valence electrons. The van der Waals surface area contributed by atoms with E-state index in [9.17, 15) is 9.90 Å². The van der Waals surface area contributed by atoms with Crippen molar-refractivity contribution in [3.63, 3.8) is 0 Å². The van der Waals surface area contributed by atoms with Gasteiger partial charge in [0.1, 0.15) is 6.10 Å². The van der Waals surface area contributed by atoms with Crippen molar-refractivity contribution in [2.24, 2.45) is 0 Å². The van der Waals surface area contributed by atoms with Crippen LogP contribution in [0.1, 0.15) is 28.4 Å². The fourth-order valence-corrected chi connectivity index (χ4v) is 1.42. The normalized spacial score (nSPS) is 21.9. The molecule has 0 fully saturated rings. The lowest BCUT2D eigenvalue weighted by Crippen LogP contribution is -1.89. The molecule has 0 saturated carbocycles. The second-order valence-electron chi connectivity index (χ2n) is 2.70. The summed E-state index contributed by atoms with van der Waals surface area (Å²) >= 11 is 0. The van der Waals surface area contributed by atoms with E-state index < -0.39 is 6.10 Å². The van der Waals surface area contributed by atoms with Crippen LogP contribution in [0.15, 0.2) is 24.3 Å². The summed E-state index contributed by atoms with van der Waals surface area (Å²) in [4.78, 5) is 11.1. The highest BCUT2D eigenvalue weighted by molar-refractivity contribution is 6.00. The Balaban J connectivity index is 2.60. The third-order valence-corrected chi connectivity index (χ3v) is 1.98. The first-order valence-corrected chi connectivity index (χ1v) is 3.57. The molecule has 2 rings (SSSR count). The first-order chi connectivity index (χ1) is 5.29. The Hall–Kier alpha value is -1.15. The van der Waals surface area contributed by atoms with Gasteiger partial charge in [0.05, 0.1) is 0 Å². The molecule has 1 atom stereocenters. The maximum Gasteiger partial charge on any atom is 0.166 e. The third-order valence-electron chi connectivity index (χ3n) is 1.98. The van der Waals surface area contributed by atoms with E-state index in [0.29, 0.717) is 11.1 Å². The topological polar surface area (TPSA) is 37.0 Å². The molecule has 0 spiro atoms. The number of carbonyl (C=O) groups excluding carboxylic acids is 1. The Labute approximate surface area is 64.5 Å². The SMILES string of the molecule is [O]C1CC(=O)c2ccccc21. The highest BCUT2D eigenvalue weighted by atomic mass is 16.3. The minimum Gasteiger partial charge on any atom is -0.294 e. The molecule has 1 aromatic rings. The van der Waals surface area contributed by atoms with Crippen LogP contribution in [0.5, 0.6) is 0 Å². The van der Waals surface area contributed by atoms with Crippen LogP contribution in [-0.4, -0.2) is 5.78 Å². The number of carbonyl (C=O) groups is 1. The summed E-state index contributed by atoms with van der Waals surface area (Å²) in [5, 5.41) is 11.1. The molecule has 11 heavy (non-hydrogen) atoms. The van der Waals surface area contributed by atoms with Crippen LogP contribution < -0.4 is 0 Å². The molecule has 2 heteroatoms. The first-order valence-electron chi connectivity index (χ1n) is 3.57. The third kappa shape index (κ3) is 0.870. The minimum atomic E-state index is -0.821. The van der Waals surface area contributed by atoms with Gasteiger partial charge in [-0.1, -0.05) is 24.3 Å². The fraction of sp³-hybridized carbons (Fsp3) is 0.222. The van der Waals surface area contributed by atoms with Crippen LogP contribution in [0, 0.1) is 0 Å². The zero-order chi connectivity index (χ0) is 7.84. The van der Waals surface area contributed by atoms with Gasteiger partial charge in [-0.05, 0) is 5.56 Å². The van der Waals surface area contributed by atoms with Crippen LogP contribution in [0.25, 0.3) is 0 Å². The Morgan fingerprint density at radius 1 is 1.27 bits per heavy atom. The van der Waals surface area contributed by atoms with Gasteiger partial charge in [0.2, 0.25) is 0 Å². The van der Waals surface area contributed by atoms with Crippen LogP contribution >= 0.6 is 0 Å². The van der Waals surface area contributed by atoms with Gasteiger partial charge >= 0.3 is 0 Å². The molecule has 0 aromatic heterocycles. The molecule has 2 nitrogen and oxygen atoms in total. The lowest BCUT2D eigenvalue weighted by atomic mass is 10.1. The van der Waals surface area contributed by atoms with Crippen molar-refractivity contribution in [3.8, 4) is 0 Å². The average Bonchev–Trinajstić information content (AvgIpc) is 2.30. The molecule has 0 heterocycles. The van der Waals surface area contributed by atoms with Gasteiger partial charge < -0.3 is 0 Å². The Bertz CT molecular complexity index is 304. The van der Waals surface area contributed by atoms with Crippen molar-refractivity contribution in [1.82, 2.24) is 0 Å². The predicted octanol–water partition coefficient (Wildman–Crippen LogP) is 1.74. The summed E-state index contributed by atoms with van der Waals surface area (Å²) in [6.07, 6.45) is -0.682. The largest absolute Gasteiger partial charge is 0.294 e. The van der Waals surface area contributed by atoms with Crippen molar-refractivity contribution >= 4 is 5.78 Å². The van der Waals surface area contributed by atoms with Gasteiger partial charge in [0, 0.05) is 12.0 Å². The lowest BCUT2D eigenvalue weighted by molar-refractivity contribution is 0.0747. The van der Waals surface area contributed by atoms with E-state index in [-0.39, 0.29) is 12.2 Å². The highest BCUT2D eigenvalue weighted by Crippen LogP contribution is 2.30. The molecule has 0 bridgehead atoms. The number of fused-ring (bicyclic) bond motifs is 1. The number of hydrogen-bond acceptors (Lipinski definition) is 1. The lowest BCUT2D eigenvalue weighted by Gasteiger charge is -1.96. The van der Waals surface area contributed by atoms with Gasteiger partial charge in [-0.25, -0.2) is 5.11 Å². The highest BCUT2D eigenvalue weighted by Gasteiger charge is 2.27. The number of ketones is 1. The van der Waals surface area contributed by atoms with E-state index in [1.54, 1.807) is 24.3 Å². The standard InChI is InChI=1S/C9H7O2/c10-8-5-9(11)7-4-2-1-3-6(7)8/h1-4,8H,5H2. The number of hydrogen-bond donors (Lipinski definition) is 0. The summed E-state index contributed by atoms with van der Waals surface area (Å²) in [6.45, 7) is 0. The molecule has 1 aromatic carbocycles. The van der Waals surface area contributed by atoms with Crippen molar-refractivity contribution in [3.05, 3.63) is 35.4 Å². The fourth-order valence-electron chi connectivity index (χ4n) is 1.42. The minimum absolute atomic E-state index is 0.0133. The smallest absolute Gasteiger partial charge is 0.166 e. The summed E-state index contributed by atoms with van der Waals surface area (Å²) < 4.78 is 0. The van der Waals surface area contributed by atoms with Crippen LogP contribution in [-0.2, 0) is 5.11 Å². The molecular weight excluding hydrogens is 140 g/mol. The first kappa shape index (κ1) is 6.55. The second kappa shape index (κ2) is 2.17. The number of Topliss-reactive ketones (excluding diaryl/α,β-unsaturated/α-hetero) is 1. The molecule has 1 radical (unpaired) electrons. The maximum atomic E-state index is 11.1. The van der Waals surface area contributed by atoms with Crippen LogP contribution in [0.3, 0.4) is 0 Å². The van der Waals surface area contributed by atoms with E-state index in [2.05, 4.69) is 0 Å². The average molecular weight is 147 g/mol. The van der Waals surface area contributed by atoms with Crippen LogP contribution in [0.4, 0.5) is 0 Å². The Morgan fingerprint density at radius 3 is 2.73 bits per heavy atom. The quantitative estimate of drug-likeness (QED) is 0.550. The zero-order valence-corrected chi connectivity index (χ0v) is 5.91. The molecular formula is C9H7O2. The van der Waals surface area contributed by atoms with E-state index in [1.165, 1.54) is 0 Å². The number of rotatable bonds is 0. The number of benzene rings is 1. The van der Waals surface area contributed by atoms with Crippen molar-refractivity contribution in [2.45, 2.75) is 12.5 Å². The van der Waals surface area contributed by atoms with E-state index in [1.807, 2.05) is 0 Å². The maximum absolute atomic E-state index is 11.1. The monoisotopic (exact) mass is 147 g/mol. The van der Waals surface area contributed by atoms with Crippen molar-refractivity contribution < 1.29 is 9.90 Å². The molecule has 0 saturated heterocycles. The summed E-state index contributed by atoms with van der Waals surface area (Å²) in [5.74, 6) is -0.0133. The van der Waals surface area contributed by atoms with E-state index in [4.69, 9.17) is 0 Å². The van der Waals surface area contributed by atoms with E-state index >= 15 is 0 Å². The summed E-state index contributed by atoms with van der Waals surface area (Å²) in [7, 11) is 0. The Kier molecular flexibility index (Phi) is 1.29. The van der Waals surface area contributed by atoms with Gasteiger partial charge in [-0.15, -0.1) is 0 Å². The van der Waals surface area contributed by atoms with Crippen molar-refractivity contribution in [1.29, 1.82) is 0 Å². The molecule has 0 amide bonds. The zero-order valence-electron chi connectivity index (χ0n) is 5.91. The predicted molar refractivity (Wildman–Crippen MR) is 38.8 cm³/mol. The summed E-state index contributed by atoms with van der Waals surface area (Å²) in [6, 6.07) is 7.03. The molecule has 0 N–H and O–H groups in total. The van der Waals surface area contributed by atoms with Gasteiger partial charge in [-0.3, -0.25) is 4.79 Å². The van der Waals surface area contributed by atoms with Gasteiger partial charge in [-0.2, -0.15) is 0 Å². The van der Waals surface area contributed by atoms with Gasteiger partial charge in [0.25, 0.3) is 0 Å². The molecule has 1 aliphatic rings. The molecule has 1 unspecified atom stereocenters.